The Hall–Kier alpha value is -3.61. The number of furan rings is 1. The van der Waals surface area contributed by atoms with Crippen LogP contribution in [0.15, 0.2) is 64.0 Å². The van der Waals surface area contributed by atoms with Crippen LogP contribution in [-0.2, 0) is 0 Å². The first-order chi connectivity index (χ1) is 12.6. The predicted molar refractivity (Wildman–Crippen MR) is 97.2 cm³/mol. The molecule has 2 aromatic heterocycles. The lowest BCUT2D eigenvalue weighted by Crippen LogP contribution is -2.24. The Balaban J connectivity index is 1.74. The van der Waals surface area contributed by atoms with Gasteiger partial charge in [0.1, 0.15) is 11.3 Å². The van der Waals surface area contributed by atoms with Crippen molar-refractivity contribution in [2.75, 3.05) is 11.9 Å². The monoisotopic (exact) mass is 351 g/mol. The Morgan fingerprint density at radius 1 is 1.04 bits per heavy atom. The molecule has 0 aliphatic heterocycles. The number of benzene rings is 1. The topological polar surface area (TPSA) is 104 Å². The van der Waals surface area contributed by atoms with Crippen molar-refractivity contribution in [3.05, 3.63) is 76.3 Å². The van der Waals surface area contributed by atoms with Crippen molar-refractivity contribution in [1.29, 1.82) is 0 Å². The summed E-state index contributed by atoms with van der Waals surface area (Å²) in [5, 5.41) is 5.33. The summed E-state index contributed by atoms with van der Waals surface area (Å²) in [7, 11) is 0. The highest BCUT2D eigenvalue weighted by Gasteiger charge is 2.13. The number of aromatic nitrogens is 1. The summed E-state index contributed by atoms with van der Waals surface area (Å²) in [5.41, 5.74) is 0.925. The van der Waals surface area contributed by atoms with Gasteiger partial charge in [-0.05, 0) is 55.5 Å². The molecule has 7 heteroatoms. The fourth-order valence-corrected chi connectivity index (χ4v) is 2.39. The van der Waals surface area contributed by atoms with E-state index >= 15 is 0 Å². The van der Waals surface area contributed by atoms with Crippen molar-refractivity contribution in [3.63, 3.8) is 0 Å². The molecular formula is C19H17N3O4. The number of pyridine rings is 1. The minimum absolute atomic E-state index is 0.0203. The smallest absolute Gasteiger partial charge is 0.261 e. The Morgan fingerprint density at radius 2 is 1.81 bits per heavy atom. The summed E-state index contributed by atoms with van der Waals surface area (Å²) >= 11 is 0. The first kappa shape index (κ1) is 17.2. The largest absolute Gasteiger partial charge is 0.463 e. The lowest BCUT2D eigenvalue weighted by molar-refractivity contribution is 0.0955. The highest BCUT2D eigenvalue weighted by Crippen LogP contribution is 2.16. The Bertz CT molecular complexity index is 973. The van der Waals surface area contributed by atoms with Crippen molar-refractivity contribution in [3.8, 4) is 11.5 Å². The highest BCUT2D eigenvalue weighted by molar-refractivity contribution is 6.04. The summed E-state index contributed by atoms with van der Waals surface area (Å²) in [4.78, 5) is 38.8. The maximum Gasteiger partial charge on any atom is 0.261 e. The second-order valence-electron chi connectivity index (χ2n) is 5.48. The van der Waals surface area contributed by atoms with Gasteiger partial charge in [-0.3, -0.25) is 14.4 Å². The zero-order chi connectivity index (χ0) is 18.5. The quantitative estimate of drug-likeness (QED) is 0.657. The third kappa shape index (κ3) is 3.72. The number of anilines is 1. The van der Waals surface area contributed by atoms with Gasteiger partial charge in [0, 0.05) is 17.8 Å². The van der Waals surface area contributed by atoms with Crippen molar-refractivity contribution < 1.29 is 14.0 Å². The Morgan fingerprint density at radius 3 is 2.42 bits per heavy atom. The molecule has 0 fully saturated rings. The molecular weight excluding hydrogens is 334 g/mol. The second-order valence-corrected chi connectivity index (χ2v) is 5.48. The number of rotatable bonds is 5. The molecule has 0 unspecified atom stereocenters. The number of hydrogen-bond acceptors (Lipinski definition) is 4. The van der Waals surface area contributed by atoms with Crippen LogP contribution < -0.4 is 16.2 Å². The molecule has 0 bridgehead atoms. The molecule has 132 valence electrons. The van der Waals surface area contributed by atoms with E-state index in [0.29, 0.717) is 29.2 Å². The van der Waals surface area contributed by atoms with Crippen LogP contribution in [0.2, 0.25) is 0 Å². The number of carbonyl (C=O) groups is 2. The zero-order valence-corrected chi connectivity index (χ0v) is 14.0. The molecule has 0 aliphatic rings. The first-order valence-electron chi connectivity index (χ1n) is 8.05. The zero-order valence-electron chi connectivity index (χ0n) is 14.0. The highest BCUT2D eigenvalue weighted by atomic mass is 16.3. The van der Waals surface area contributed by atoms with Gasteiger partial charge < -0.3 is 20.0 Å². The van der Waals surface area contributed by atoms with Gasteiger partial charge in [-0.25, -0.2) is 0 Å². The van der Waals surface area contributed by atoms with Crippen LogP contribution >= 0.6 is 0 Å². The average molecular weight is 351 g/mol. The van der Waals surface area contributed by atoms with Gasteiger partial charge in [0.25, 0.3) is 17.4 Å². The molecule has 0 radical (unpaired) electrons. The van der Waals surface area contributed by atoms with Crippen LogP contribution in [-0.4, -0.2) is 23.3 Å². The maximum atomic E-state index is 12.3. The van der Waals surface area contributed by atoms with E-state index in [1.165, 1.54) is 12.3 Å². The molecule has 2 amide bonds. The molecule has 3 rings (SSSR count). The molecule has 26 heavy (non-hydrogen) atoms. The maximum absolute atomic E-state index is 12.3. The van der Waals surface area contributed by atoms with Crippen LogP contribution in [0.25, 0.3) is 11.5 Å². The summed E-state index contributed by atoms with van der Waals surface area (Å²) in [5.74, 6) is -0.214. The molecule has 3 N–H and O–H groups in total. The Kier molecular flexibility index (Phi) is 4.98. The van der Waals surface area contributed by atoms with Gasteiger partial charge in [0.15, 0.2) is 0 Å². The van der Waals surface area contributed by atoms with Crippen LogP contribution in [0.3, 0.4) is 0 Å². The van der Waals surface area contributed by atoms with Crippen molar-refractivity contribution in [1.82, 2.24) is 10.3 Å². The van der Waals surface area contributed by atoms with E-state index in [1.807, 2.05) is 6.92 Å². The molecule has 3 aromatic rings. The van der Waals surface area contributed by atoms with E-state index in [1.54, 1.807) is 42.5 Å². The van der Waals surface area contributed by atoms with Crippen LogP contribution in [0, 0.1) is 0 Å². The summed E-state index contributed by atoms with van der Waals surface area (Å²) in [6.07, 6.45) is 1.50. The van der Waals surface area contributed by atoms with E-state index < -0.39 is 11.5 Å². The SMILES string of the molecule is CCNC(=O)c1ccc(NC(=O)c2ccc(-c3ccco3)[nH]c2=O)cc1. The number of hydrogen-bond donors (Lipinski definition) is 3. The van der Waals surface area contributed by atoms with Gasteiger partial charge in [0.2, 0.25) is 0 Å². The van der Waals surface area contributed by atoms with Crippen molar-refractivity contribution >= 4 is 17.5 Å². The molecule has 0 atom stereocenters. The lowest BCUT2D eigenvalue weighted by Gasteiger charge is -2.07. The van der Waals surface area contributed by atoms with E-state index in [2.05, 4.69) is 15.6 Å². The molecule has 2 heterocycles. The fraction of sp³-hybridized carbons (Fsp3) is 0.105. The van der Waals surface area contributed by atoms with Gasteiger partial charge in [-0.2, -0.15) is 0 Å². The minimum Gasteiger partial charge on any atom is -0.463 e. The summed E-state index contributed by atoms with van der Waals surface area (Å²) in [6, 6.07) is 12.9. The number of H-pyrrole nitrogens is 1. The standard InChI is InChI=1S/C19H17N3O4/c1-2-20-17(23)12-5-7-13(8-6-12)21-18(24)14-9-10-15(22-19(14)25)16-4-3-11-26-16/h3-11H,2H2,1H3,(H,20,23)(H,21,24)(H,22,25). The molecule has 0 aliphatic carbocycles. The van der Waals surface area contributed by atoms with Crippen LogP contribution in [0.1, 0.15) is 27.6 Å². The van der Waals surface area contributed by atoms with Crippen LogP contribution in [0.4, 0.5) is 5.69 Å². The molecule has 0 spiro atoms. The van der Waals surface area contributed by atoms with Crippen LogP contribution in [0.5, 0.6) is 0 Å². The van der Waals surface area contributed by atoms with Crippen molar-refractivity contribution in [2.45, 2.75) is 6.92 Å². The van der Waals surface area contributed by atoms with Gasteiger partial charge in [0.05, 0.1) is 12.0 Å². The summed E-state index contributed by atoms with van der Waals surface area (Å²) < 4.78 is 5.22. The number of amides is 2. The fourth-order valence-electron chi connectivity index (χ4n) is 2.39. The normalized spacial score (nSPS) is 10.3. The summed E-state index contributed by atoms with van der Waals surface area (Å²) in [6.45, 7) is 2.37. The number of aromatic amines is 1. The van der Waals surface area contributed by atoms with E-state index in [4.69, 9.17) is 4.42 Å². The van der Waals surface area contributed by atoms with Gasteiger partial charge in [-0.15, -0.1) is 0 Å². The molecule has 7 nitrogen and oxygen atoms in total. The van der Waals surface area contributed by atoms with Crippen molar-refractivity contribution in [2.24, 2.45) is 0 Å². The van der Waals surface area contributed by atoms with Gasteiger partial charge >= 0.3 is 0 Å². The Labute approximate surface area is 149 Å². The average Bonchev–Trinajstić information content (AvgIpc) is 3.17. The van der Waals surface area contributed by atoms with E-state index in [9.17, 15) is 14.4 Å². The number of nitrogens with one attached hydrogen (secondary N) is 3. The third-order valence-electron chi connectivity index (χ3n) is 3.68. The molecule has 1 aromatic carbocycles. The predicted octanol–water partition coefficient (Wildman–Crippen LogP) is 2.64. The molecule has 0 saturated heterocycles. The minimum atomic E-state index is -0.539. The molecule has 0 saturated carbocycles. The number of carbonyl (C=O) groups excluding carboxylic acids is 2. The first-order valence-corrected chi connectivity index (χ1v) is 8.05. The van der Waals surface area contributed by atoms with E-state index in [0.717, 1.165) is 0 Å². The van der Waals surface area contributed by atoms with Gasteiger partial charge in [-0.1, -0.05) is 0 Å². The lowest BCUT2D eigenvalue weighted by atomic mass is 10.1. The van der Waals surface area contributed by atoms with E-state index in [-0.39, 0.29) is 11.5 Å². The second kappa shape index (κ2) is 7.52. The third-order valence-corrected chi connectivity index (χ3v) is 3.68.